The molecule has 1 amide bonds. The lowest BCUT2D eigenvalue weighted by molar-refractivity contribution is 0.0949. The zero-order valence-electron chi connectivity index (χ0n) is 11.9. The summed E-state index contributed by atoms with van der Waals surface area (Å²) in [6, 6.07) is 6.88. The van der Waals surface area contributed by atoms with Gasteiger partial charge in [0.2, 0.25) is 5.88 Å². The molecule has 22 heavy (non-hydrogen) atoms. The Morgan fingerprint density at radius 1 is 1.32 bits per heavy atom. The van der Waals surface area contributed by atoms with Gasteiger partial charge in [-0.1, -0.05) is 0 Å². The highest BCUT2D eigenvalue weighted by Crippen LogP contribution is 2.09. The van der Waals surface area contributed by atoms with E-state index in [1.165, 1.54) is 6.20 Å². The number of carbonyl (C=O) groups is 1. The molecule has 0 fully saturated rings. The van der Waals surface area contributed by atoms with Crippen molar-refractivity contribution in [2.24, 2.45) is 0 Å². The summed E-state index contributed by atoms with van der Waals surface area (Å²) in [6.07, 6.45) is 3.12. The van der Waals surface area contributed by atoms with Crippen LogP contribution in [0.4, 0.5) is 0 Å². The van der Waals surface area contributed by atoms with Crippen LogP contribution in [0, 0.1) is 0 Å². The molecule has 0 aliphatic heterocycles. The van der Waals surface area contributed by atoms with Gasteiger partial charge in [0.15, 0.2) is 11.5 Å². The third-order valence-corrected chi connectivity index (χ3v) is 2.93. The van der Waals surface area contributed by atoms with Gasteiger partial charge in [-0.2, -0.15) is 4.52 Å². The molecule has 112 valence electrons. The Morgan fingerprint density at radius 2 is 2.23 bits per heavy atom. The minimum atomic E-state index is -0.231. The van der Waals surface area contributed by atoms with Crippen LogP contribution in [0.2, 0.25) is 0 Å². The van der Waals surface area contributed by atoms with Crippen LogP contribution in [0.25, 0.3) is 5.65 Å². The van der Waals surface area contributed by atoms with Crippen molar-refractivity contribution in [3.05, 3.63) is 48.0 Å². The van der Waals surface area contributed by atoms with Crippen LogP contribution in [0.5, 0.6) is 5.88 Å². The molecule has 0 bridgehead atoms. The molecule has 0 radical (unpaired) electrons. The van der Waals surface area contributed by atoms with Crippen LogP contribution >= 0.6 is 0 Å². The van der Waals surface area contributed by atoms with Gasteiger partial charge in [-0.3, -0.25) is 9.78 Å². The van der Waals surface area contributed by atoms with Crippen LogP contribution < -0.4 is 10.1 Å². The lowest BCUT2D eigenvalue weighted by atomic mass is 10.3. The molecule has 3 heterocycles. The predicted octanol–water partition coefficient (Wildman–Crippen LogP) is 0.848. The molecule has 0 unspecified atom stereocenters. The van der Waals surface area contributed by atoms with E-state index in [1.54, 1.807) is 35.0 Å². The van der Waals surface area contributed by atoms with E-state index < -0.39 is 0 Å². The molecule has 1 N–H and O–H groups in total. The van der Waals surface area contributed by atoms with Crippen molar-refractivity contribution in [3.63, 3.8) is 0 Å². The third-order valence-electron chi connectivity index (χ3n) is 2.93. The first-order valence-corrected chi connectivity index (χ1v) is 6.80. The van der Waals surface area contributed by atoms with Gasteiger partial charge in [-0.15, -0.1) is 15.3 Å². The summed E-state index contributed by atoms with van der Waals surface area (Å²) < 4.78 is 6.90. The lowest BCUT2D eigenvalue weighted by Crippen LogP contribution is -2.24. The van der Waals surface area contributed by atoms with Gasteiger partial charge in [-0.05, 0) is 25.1 Å². The molecule has 0 spiro atoms. The molecule has 3 aromatic heterocycles. The van der Waals surface area contributed by atoms with Gasteiger partial charge in [0.1, 0.15) is 0 Å². The average molecular weight is 298 g/mol. The molecule has 0 aliphatic carbocycles. The Kier molecular flexibility index (Phi) is 3.90. The fraction of sp³-hybridized carbons (Fsp3) is 0.214. The van der Waals surface area contributed by atoms with E-state index in [0.717, 1.165) is 0 Å². The standard InChI is InChI=1S/C14H14N6O2/c1-2-22-13-6-5-11-17-18-12(20(11)19-13)9-16-14(21)10-4-3-7-15-8-10/h3-8H,2,9H2,1H3,(H,16,21). The molecular weight excluding hydrogens is 284 g/mol. The minimum Gasteiger partial charge on any atom is -0.477 e. The van der Waals surface area contributed by atoms with Crippen LogP contribution in [0.1, 0.15) is 23.1 Å². The van der Waals surface area contributed by atoms with Crippen molar-refractivity contribution < 1.29 is 9.53 Å². The first kappa shape index (κ1) is 13.9. The predicted molar refractivity (Wildman–Crippen MR) is 77.4 cm³/mol. The summed E-state index contributed by atoms with van der Waals surface area (Å²) >= 11 is 0. The van der Waals surface area contributed by atoms with Crippen molar-refractivity contribution >= 4 is 11.6 Å². The van der Waals surface area contributed by atoms with E-state index in [9.17, 15) is 4.79 Å². The summed E-state index contributed by atoms with van der Waals surface area (Å²) in [5, 5.41) is 15.1. The molecule has 0 aromatic carbocycles. The van der Waals surface area contributed by atoms with E-state index >= 15 is 0 Å². The summed E-state index contributed by atoms with van der Waals surface area (Å²) in [4.78, 5) is 15.9. The molecule has 3 rings (SSSR count). The number of hydrogen-bond donors (Lipinski definition) is 1. The normalized spacial score (nSPS) is 10.6. The zero-order chi connectivity index (χ0) is 15.4. The number of nitrogens with one attached hydrogen (secondary N) is 1. The molecular formula is C14H14N6O2. The number of hydrogen-bond acceptors (Lipinski definition) is 6. The molecule has 0 saturated carbocycles. The van der Waals surface area contributed by atoms with E-state index in [2.05, 4.69) is 25.6 Å². The molecule has 0 saturated heterocycles. The first-order valence-electron chi connectivity index (χ1n) is 6.80. The second-order valence-corrected chi connectivity index (χ2v) is 4.42. The van der Waals surface area contributed by atoms with Crippen molar-refractivity contribution in [2.75, 3.05) is 6.61 Å². The lowest BCUT2D eigenvalue weighted by Gasteiger charge is -2.05. The Morgan fingerprint density at radius 3 is 3.00 bits per heavy atom. The Balaban J connectivity index is 1.76. The average Bonchev–Trinajstić information content (AvgIpc) is 2.96. The van der Waals surface area contributed by atoms with Gasteiger partial charge in [-0.25, -0.2) is 0 Å². The number of amides is 1. The third kappa shape index (κ3) is 2.85. The number of rotatable bonds is 5. The van der Waals surface area contributed by atoms with Gasteiger partial charge in [0, 0.05) is 18.5 Å². The highest BCUT2D eigenvalue weighted by molar-refractivity contribution is 5.93. The number of fused-ring (bicyclic) bond motifs is 1. The number of aromatic nitrogens is 5. The molecule has 0 aliphatic rings. The maximum absolute atomic E-state index is 12.0. The van der Waals surface area contributed by atoms with Crippen molar-refractivity contribution in [1.29, 1.82) is 0 Å². The SMILES string of the molecule is CCOc1ccc2nnc(CNC(=O)c3cccnc3)n2n1. The van der Waals surface area contributed by atoms with E-state index in [-0.39, 0.29) is 12.5 Å². The zero-order valence-corrected chi connectivity index (χ0v) is 11.9. The van der Waals surface area contributed by atoms with Crippen LogP contribution in [-0.4, -0.2) is 37.3 Å². The maximum atomic E-state index is 12.0. The van der Waals surface area contributed by atoms with Gasteiger partial charge in [0.25, 0.3) is 5.91 Å². The molecule has 8 nitrogen and oxygen atoms in total. The smallest absolute Gasteiger partial charge is 0.253 e. The van der Waals surface area contributed by atoms with Crippen molar-refractivity contribution in [1.82, 2.24) is 30.1 Å². The second kappa shape index (κ2) is 6.17. The molecule has 3 aromatic rings. The molecule has 8 heteroatoms. The van der Waals surface area contributed by atoms with E-state index in [0.29, 0.717) is 29.5 Å². The summed E-state index contributed by atoms with van der Waals surface area (Å²) in [7, 11) is 0. The Bertz CT molecular complexity index is 786. The number of pyridine rings is 1. The fourth-order valence-electron chi connectivity index (χ4n) is 1.91. The topological polar surface area (TPSA) is 94.3 Å². The molecule has 0 atom stereocenters. The monoisotopic (exact) mass is 298 g/mol. The van der Waals surface area contributed by atoms with Crippen LogP contribution in [-0.2, 0) is 6.54 Å². The summed E-state index contributed by atoms with van der Waals surface area (Å²) in [6.45, 7) is 2.61. The van der Waals surface area contributed by atoms with Crippen LogP contribution in [0.15, 0.2) is 36.7 Å². The second-order valence-electron chi connectivity index (χ2n) is 4.42. The quantitative estimate of drug-likeness (QED) is 0.750. The summed E-state index contributed by atoms with van der Waals surface area (Å²) in [5.74, 6) is 0.772. The van der Waals surface area contributed by atoms with Crippen molar-refractivity contribution in [2.45, 2.75) is 13.5 Å². The highest BCUT2D eigenvalue weighted by Gasteiger charge is 2.10. The van der Waals surface area contributed by atoms with Gasteiger partial charge >= 0.3 is 0 Å². The maximum Gasteiger partial charge on any atom is 0.253 e. The highest BCUT2D eigenvalue weighted by atomic mass is 16.5. The van der Waals surface area contributed by atoms with Gasteiger partial charge in [0.05, 0.1) is 18.7 Å². The Hall–Kier alpha value is -3.03. The largest absolute Gasteiger partial charge is 0.477 e. The van der Waals surface area contributed by atoms with Crippen LogP contribution in [0.3, 0.4) is 0 Å². The number of ether oxygens (including phenoxy) is 1. The van der Waals surface area contributed by atoms with E-state index in [1.807, 2.05) is 6.92 Å². The minimum absolute atomic E-state index is 0.206. The first-order chi connectivity index (χ1) is 10.8. The fourth-order valence-corrected chi connectivity index (χ4v) is 1.91. The summed E-state index contributed by atoms with van der Waals surface area (Å²) in [5.41, 5.74) is 1.08. The van der Waals surface area contributed by atoms with E-state index in [4.69, 9.17) is 4.74 Å². The number of carbonyl (C=O) groups excluding carboxylic acids is 1. The van der Waals surface area contributed by atoms with Crippen molar-refractivity contribution in [3.8, 4) is 5.88 Å². The number of nitrogens with zero attached hydrogens (tertiary/aromatic N) is 5. The van der Waals surface area contributed by atoms with Gasteiger partial charge < -0.3 is 10.1 Å². The Labute approximate surface area is 126 Å².